The lowest BCUT2D eigenvalue weighted by Crippen LogP contribution is -2.43. The molecule has 0 aliphatic carbocycles. The Bertz CT molecular complexity index is 672. The van der Waals surface area contributed by atoms with Crippen molar-refractivity contribution in [2.24, 2.45) is 0 Å². The highest BCUT2D eigenvalue weighted by atomic mass is 16.4. The number of carbonyl (C=O) groups is 1. The summed E-state index contributed by atoms with van der Waals surface area (Å²) in [5.41, 5.74) is 1.78. The maximum absolute atomic E-state index is 12.5. The Kier molecular flexibility index (Phi) is 5.15. The van der Waals surface area contributed by atoms with Crippen LogP contribution < -0.4 is 5.32 Å². The molecule has 0 aromatic carbocycles. The van der Waals surface area contributed by atoms with Gasteiger partial charge in [-0.3, -0.25) is 4.98 Å². The van der Waals surface area contributed by atoms with Crippen LogP contribution in [0.5, 0.6) is 0 Å². The number of amides is 2. The zero-order chi connectivity index (χ0) is 16.9. The number of aliphatic hydroxyl groups is 1. The fourth-order valence-corrected chi connectivity index (χ4v) is 3.17. The molecular weight excluding hydrogens is 306 g/mol. The quantitative estimate of drug-likeness (QED) is 0.884. The summed E-state index contributed by atoms with van der Waals surface area (Å²) in [6.45, 7) is 3.05. The Hall–Kier alpha value is -2.34. The normalized spacial score (nSPS) is 18.6. The molecule has 6 heteroatoms. The molecule has 0 spiro atoms. The van der Waals surface area contributed by atoms with Gasteiger partial charge in [0.2, 0.25) is 0 Å². The molecule has 1 saturated heterocycles. The van der Waals surface area contributed by atoms with Gasteiger partial charge in [-0.15, -0.1) is 0 Å². The summed E-state index contributed by atoms with van der Waals surface area (Å²) in [7, 11) is 0. The highest BCUT2D eigenvalue weighted by Crippen LogP contribution is 2.27. The third-order valence-electron chi connectivity index (χ3n) is 4.37. The number of carbonyl (C=O) groups excluding carboxylic acids is 1. The summed E-state index contributed by atoms with van der Waals surface area (Å²) in [4.78, 5) is 18.7. The lowest BCUT2D eigenvalue weighted by atomic mass is 10.1. The lowest BCUT2D eigenvalue weighted by molar-refractivity contribution is 0.108. The second-order valence-electron chi connectivity index (χ2n) is 6.19. The molecule has 2 aromatic heterocycles. The number of aliphatic hydroxyl groups excluding tert-OH is 1. The molecule has 3 rings (SSSR count). The molecule has 2 aromatic rings. The van der Waals surface area contributed by atoms with Crippen molar-refractivity contribution in [3.8, 4) is 0 Å². The second-order valence-corrected chi connectivity index (χ2v) is 6.19. The fraction of sp³-hybridized carbons (Fsp3) is 0.444. The van der Waals surface area contributed by atoms with Crippen molar-refractivity contribution in [1.29, 1.82) is 0 Å². The Morgan fingerprint density at radius 1 is 1.46 bits per heavy atom. The number of hydrogen-bond acceptors (Lipinski definition) is 4. The van der Waals surface area contributed by atoms with Crippen molar-refractivity contribution in [2.45, 2.75) is 44.9 Å². The molecule has 0 saturated carbocycles. The number of aryl methyl sites for hydroxylation is 1. The van der Waals surface area contributed by atoms with E-state index in [2.05, 4.69) is 10.3 Å². The van der Waals surface area contributed by atoms with Gasteiger partial charge in [0.15, 0.2) is 0 Å². The standard InChI is InChI=1S/C18H23N3O3/c1-13-5-2-6-14(20-13)12-19-18(23)21-9-3-7-15(21)11-16(22)17-8-4-10-24-17/h2,4-6,8,10,15-16,22H,3,7,9,11-12H2,1H3,(H,19,23). The predicted molar refractivity (Wildman–Crippen MR) is 89.2 cm³/mol. The third-order valence-corrected chi connectivity index (χ3v) is 4.37. The van der Waals surface area contributed by atoms with Gasteiger partial charge in [-0.1, -0.05) is 6.07 Å². The van der Waals surface area contributed by atoms with Crippen LogP contribution in [0.2, 0.25) is 0 Å². The van der Waals surface area contributed by atoms with E-state index in [1.807, 2.05) is 30.0 Å². The first-order valence-corrected chi connectivity index (χ1v) is 8.32. The lowest BCUT2D eigenvalue weighted by Gasteiger charge is -2.26. The van der Waals surface area contributed by atoms with Crippen LogP contribution in [0.25, 0.3) is 0 Å². The van der Waals surface area contributed by atoms with Crippen LogP contribution in [0.3, 0.4) is 0 Å². The van der Waals surface area contributed by atoms with Crippen molar-refractivity contribution in [3.05, 3.63) is 53.7 Å². The summed E-state index contributed by atoms with van der Waals surface area (Å²) in [6, 6.07) is 9.19. The molecule has 0 bridgehead atoms. The van der Waals surface area contributed by atoms with Gasteiger partial charge >= 0.3 is 6.03 Å². The van der Waals surface area contributed by atoms with E-state index in [0.717, 1.165) is 24.2 Å². The van der Waals surface area contributed by atoms with Gasteiger partial charge in [0, 0.05) is 24.7 Å². The maximum Gasteiger partial charge on any atom is 0.317 e. The minimum atomic E-state index is -0.683. The summed E-state index contributed by atoms with van der Waals surface area (Å²) in [5.74, 6) is 0.547. The largest absolute Gasteiger partial charge is 0.467 e. The Morgan fingerprint density at radius 2 is 2.33 bits per heavy atom. The molecule has 1 fully saturated rings. The van der Waals surface area contributed by atoms with Gasteiger partial charge < -0.3 is 19.7 Å². The highest BCUT2D eigenvalue weighted by molar-refractivity contribution is 5.74. The van der Waals surface area contributed by atoms with E-state index in [-0.39, 0.29) is 12.1 Å². The molecule has 1 aliphatic heterocycles. The van der Waals surface area contributed by atoms with E-state index in [0.29, 0.717) is 25.3 Å². The summed E-state index contributed by atoms with van der Waals surface area (Å²) >= 11 is 0. The molecule has 1 aliphatic rings. The van der Waals surface area contributed by atoms with E-state index in [9.17, 15) is 9.90 Å². The minimum Gasteiger partial charge on any atom is -0.467 e. The van der Waals surface area contributed by atoms with E-state index in [1.165, 1.54) is 0 Å². The molecule has 24 heavy (non-hydrogen) atoms. The van der Waals surface area contributed by atoms with Crippen LogP contribution in [0, 0.1) is 6.92 Å². The van der Waals surface area contributed by atoms with Crippen LogP contribution in [-0.2, 0) is 6.54 Å². The molecule has 6 nitrogen and oxygen atoms in total. The molecule has 0 radical (unpaired) electrons. The summed E-state index contributed by atoms with van der Waals surface area (Å²) < 4.78 is 5.24. The molecule has 2 N–H and O–H groups in total. The average Bonchev–Trinajstić information content (AvgIpc) is 3.24. The SMILES string of the molecule is Cc1cccc(CNC(=O)N2CCCC2CC(O)c2ccco2)n1. The monoisotopic (exact) mass is 329 g/mol. The number of nitrogens with one attached hydrogen (secondary N) is 1. The molecule has 2 amide bonds. The van der Waals surface area contributed by atoms with Crippen molar-refractivity contribution >= 4 is 6.03 Å². The first-order chi connectivity index (χ1) is 11.6. The average molecular weight is 329 g/mol. The summed E-state index contributed by atoms with van der Waals surface area (Å²) in [5, 5.41) is 13.2. The minimum absolute atomic E-state index is 0.0237. The van der Waals surface area contributed by atoms with E-state index >= 15 is 0 Å². The number of urea groups is 1. The zero-order valence-electron chi connectivity index (χ0n) is 13.8. The van der Waals surface area contributed by atoms with Crippen LogP contribution in [0.15, 0.2) is 41.0 Å². The van der Waals surface area contributed by atoms with Crippen LogP contribution >= 0.6 is 0 Å². The topological polar surface area (TPSA) is 78.6 Å². The van der Waals surface area contributed by atoms with Crippen molar-refractivity contribution in [1.82, 2.24) is 15.2 Å². The number of likely N-dealkylation sites (tertiary alicyclic amines) is 1. The zero-order valence-corrected chi connectivity index (χ0v) is 13.8. The van der Waals surface area contributed by atoms with Gasteiger partial charge in [-0.2, -0.15) is 0 Å². The Morgan fingerprint density at radius 3 is 3.08 bits per heavy atom. The molecular formula is C18H23N3O3. The van der Waals surface area contributed by atoms with E-state index < -0.39 is 6.10 Å². The number of rotatable bonds is 5. The summed E-state index contributed by atoms with van der Waals surface area (Å²) in [6.07, 6.45) is 3.20. The van der Waals surface area contributed by atoms with Gasteiger partial charge in [-0.25, -0.2) is 4.79 Å². The smallest absolute Gasteiger partial charge is 0.317 e. The molecule has 2 unspecified atom stereocenters. The third kappa shape index (κ3) is 3.94. The van der Waals surface area contributed by atoms with E-state index in [1.54, 1.807) is 18.4 Å². The number of furan rings is 1. The van der Waals surface area contributed by atoms with Gasteiger partial charge in [0.1, 0.15) is 11.9 Å². The first kappa shape index (κ1) is 16.5. The second kappa shape index (κ2) is 7.49. The van der Waals surface area contributed by atoms with Crippen LogP contribution in [-0.4, -0.2) is 33.6 Å². The number of aromatic nitrogens is 1. The molecule has 128 valence electrons. The van der Waals surface area contributed by atoms with Gasteiger partial charge in [0.25, 0.3) is 0 Å². The van der Waals surface area contributed by atoms with Crippen LogP contribution in [0.4, 0.5) is 4.79 Å². The van der Waals surface area contributed by atoms with Crippen molar-refractivity contribution in [3.63, 3.8) is 0 Å². The number of nitrogens with zero attached hydrogens (tertiary/aromatic N) is 2. The Labute approximate surface area is 141 Å². The van der Waals surface area contributed by atoms with Gasteiger partial charge in [0.05, 0.1) is 18.5 Å². The number of pyridine rings is 1. The highest BCUT2D eigenvalue weighted by Gasteiger charge is 2.31. The van der Waals surface area contributed by atoms with Gasteiger partial charge in [-0.05, 0) is 44.0 Å². The maximum atomic E-state index is 12.5. The molecule has 2 atom stereocenters. The van der Waals surface area contributed by atoms with E-state index in [4.69, 9.17) is 4.42 Å². The van der Waals surface area contributed by atoms with Crippen molar-refractivity contribution < 1.29 is 14.3 Å². The first-order valence-electron chi connectivity index (χ1n) is 8.32. The van der Waals surface area contributed by atoms with Crippen molar-refractivity contribution in [2.75, 3.05) is 6.54 Å². The fourth-order valence-electron chi connectivity index (χ4n) is 3.17. The molecule has 3 heterocycles. The van der Waals surface area contributed by atoms with Crippen LogP contribution in [0.1, 0.15) is 42.5 Å². The number of hydrogen-bond donors (Lipinski definition) is 2. The predicted octanol–water partition coefficient (Wildman–Crippen LogP) is 2.78. The Balaban J connectivity index is 1.55.